The quantitative estimate of drug-likeness (QED) is 0.848. The summed E-state index contributed by atoms with van der Waals surface area (Å²) in [6.07, 6.45) is 4.97. The standard InChI is InChI=1S/C13H20N4O2/c1-16-5-3-10(9-16)11-7-14-13(15-8-11)17(2)6-4-12(18)19/h7-8,10H,3-6,9H2,1-2H3,(H,18,19). The van der Waals surface area contributed by atoms with Crippen LogP contribution >= 0.6 is 0 Å². The summed E-state index contributed by atoms with van der Waals surface area (Å²) in [7, 11) is 3.93. The highest BCUT2D eigenvalue weighted by Gasteiger charge is 2.21. The van der Waals surface area contributed by atoms with E-state index < -0.39 is 5.97 Å². The van der Waals surface area contributed by atoms with Crippen molar-refractivity contribution in [1.29, 1.82) is 0 Å². The summed E-state index contributed by atoms with van der Waals surface area (Å²) in [6.45, 7) is 2.59. The van der Waals surface area contributed by atoms with Crippen LogP contribution in [0.5, 0.6) is 0 Å². The lowest BCUT2D eigenvalue weighted by atomic mass is 10.0. The van der Waals surface area contributed by atoms with Gasteiger partial charge in [-0.15, -0.1) is 0 Å². The van der Waals surface area contributed by atoms with Crippen molar-refractivity contribution in [3.05, 3.63) is 18.0 Å². The minimum Gasteiger partial charge on any atom is -0.481 e. The molecule has 104 valence electrons. The zero-order chi connectivity index (χ0) is 13.8. The lowest BCUT2D eigenvalue weighted by Crippen LogP contribution is -2.23. The van der Waals surface area contributed by atoms with Crippen molar-refractivity contribution in [2.45, 2.75) is 18.8 Å². The van der Waals surface area contributed by atoms with Gasteiger partial charge < -0.3 is 14.9 Å². The largest absolute Gasteiger partial charge is 0.481 e. The first-order valence-corrected chi connectivity index (χ1v) is 6.49. The van der Waals surface area contributed by atoms with Crippen molar-refractivity contribution in [1.82, 2.24) is 14.9 Å². The number of aliphatic carboxylic acids is 1. The third-order valence-electron chi connectivity index (χ3n) is 3.52. The number of likely N-dealkylation sites (N-methyl/N-ethyl adjacent to an activating group) is 1. The highest BCUT2D eigenvalue weighted by molar-refractivity contribution is 5.67. The van der Waals surface area contributed by atoms with Crippen molar-refractivity contribution in [3.63, 3.8) is 0 Å². The first-order chi connectivity index (χ1) is 9.06. The summed E-state index contributed by atoms with van der Waals surface area (Å²) >= 11 is 0. The molecule has 6 heteroatoms. The molecule has 1 N–H and O–H groups in total. The molecule has 1 aliphatic heterocycles. The zero-order valence-corrected chi connectivity index (χ0v) is 11.4. The maximum Gasteiger partial charge on any atom is 0.305 e. The van der Waals surface area contributed by atoms with Gasteiger partial charge in [0.15, 0.2) is 0 Å². The van der Waals surface area contributed by atoms with Crippen LogP contribution in [-0.2, 0) is 4.79 Å². The number of hydrogen-bond donors (Lipinski definition) is 1. The molecular formula is C13H20N4O2. The van der Waals surface area contributed by atoms with E-state index in [9.17, 15) is 4.79 Å². The Balaban J connectivity index is 1.96. The molecular weight excluding hydrogens is 244 g/mol. The minimum absolute atomic E-state index is 0.0923. The molecule has 19 heavy (non-hydrogen) atoms. The van der Waals surface area contributed by atoms with E-state index in [0.717, 1.165) is 19.5 Å². The number of nitrogens with zero attached hydrogens (tertiary/aromatic N) is 4. The van der Waals surface area contributed by atoms with Crippen molar-refractivity contribution < 1.29 is 9.90 Å². The van der Waals surface area contributed by atoms with Gasteiger partial charge in [0.05, 0.1) is 6.42 Å². The predicted molar refractivity (Wildman–Crippen MR) is 72.4 cm³/mol. The first-order valence-electron chi connectivity index (χ1n) is 6.49. The van der Waals surface area contributed by atoms with Gasteiger partial charge >= 0.3 is 5.97 Å². The van der Waals surface area contributed by atoms with E-state index in [1.54, 1.807) is 11.9 Å². The highest BCUT2D eigenvalue weighted by atomic mass is 16.4. The van der Waals surface area contributed by atoms with Gasteiger partial charge in [-0.25, -0.2) is 9.97 Å². The van der Waals surface area contributed by atoms with Gasteiger partial charge in [0, 0.05) is 38.4 Å². The smallest absolute Gasteiger partial charge is 0.305 e. The number of carbonyl (C=O) groups is 1. The van der Waals surface area contributed by atoms with Gasteiger partial charge in [-0.05, 0) is 25.6 Å². The van der Waals surface area contributed by atoms with Crippen LogP contribution in [0.15, 0.2) is 12.4 Å². The summed E-state index contributed by atoms with van der Waals surface area (Å²) < 4.78 is 0. The first kappa shape index (κ1) is 13.7. The van der Waals surface area contributed by atoms with Crippen LogP contribution in [0.3, 0.4) is 0 Å². The minimum atomic E-state index is -0.808. The van der Waals surface area contributed by atoms with Crippen molar-refractivity contribution in [2.24, 2.45) is 0 Å². The molecule has 0 aromatic carbocycles. The maximum absolute atomic E-state index is 10.5. The van der Waals surface area contributed by atoms with Gasteiger partial charge in [-0.1, -0.05) is 0 Å². The van der Waals surface area contributed by atoms with Crippen molar-refractivity contribution >= 4 is 11.9 Å². The number of aromatic nitrogens is 2. The summed E-state index contributed by atoms with van der Waals surface area (Å²) in [5.74, 6) is 0.289. The second-order valence-corrected chi connectivity index (χ2v) is 5.13. The van der Waals surface area contributed by atoms with E-state index in [1.807, 2.05) is 12.4 Å². The van der Waals surface area contributed by atoms with Crippen LogP contribution < -0.4 is 4.90 Å². The molecule has 6 nitrogen and oxygen atoms in total. The van der Waals surface area contributed by atoms with Crippen LogP contribution in [0.25, 0.3) is 0 Å². The van der Waals surface area contributed by atoms with E-state index in [0.29, 0.717) is 18.4 Å². The third kappa shape index (κ3) is 3.64. The Morgan fingerprint density at radius 3 is 2.74 bits per heavy atom. The van der Waals surface area contributed by atoms with Gasteiger partial charge in [0.1, 0.15) is 0 Å². The van der Waals surface area contributed by atoms with Gasteiger partial charge in [-0.3, -0.25) is 4.79 Å². The van der Waals surface area contributed by atoms with Gasteiger partial charge in [0.2, 0.25) is 5.95 Å². The molecule has 1 aromatic rings. The predicted octanol–water partition coefficient (Wildman–Crippen LogP) is 0.807. The monoisotopic (exact) mass is 264 g/mol. The van der Waals surface area contributed by atoms with E-state index >= 15 is 0 Å². The Kier molecular flexibility index (Phi) is 4.31. The van der Waals surface area contributed by atoms with Crippen molar-refractivity contribution in [2.75, 3.05) is 38.6 Å². The fraction of sp³-hybridized carbons (Fsp3) is 0.615. The molecule has 1 aliphatic rings. The van der Waals surface area contributed by atoms with Crippen LogP contribution in [0.1, 0.15) is 24.3 Å². The van der Waals surface area contributed by atoms with Crippen LogP contribution in [0, 0.1) is 0 Å². The molecule has 1 atom stereocenters. The normalized spacial score (nSPS) is 19.6. The van der Waals surface area contributed by atoms with E-state index in [-0.39, 0.29) is 6.42 Å². The molecule has 0 saturated carbocycles. The Labute approximate surface area is 113 Å². The average molecular weight is 264 g/mol. The molecule has 0 bridgehead atoms. The van der Waals surface area contributed by atoms with E-state index in [2.05, 4.69) is 21.9 Å². The van der Waals surface area contributed by atoms with Crippen LogP contribution in [0.4, 0.5) is 5.95 Å². The number of carboxylic acid groups (broad SMARTS) is 1. The fourth-order valence-corrected chi connectivity index (χ4v) is 2.31. The molecule has 2 heterocycles. The van der Waals surface area contributed by atoms with Crippen LogP contribution in [0.2, 0.25) is 0 Å². The van der Waals surface area contributed by atoms with Crippen molar-refractivity contribution in [3.8, 4) is 0 Å². The van der Waals surface area contributed by atoms with Gasteiger partial charge in [0.25, 0.3) is 0 Å². The van der Waals surface area contributed by atoms with E-state index in [4.69, 9.17) is 5.11 Å². The molecule has 2 rings (SSSR count). The summed E-state index contributed by atoms with van der Waals surface area (Å²) in [5.41, 5.74) is 1.17. The van der Waals surface area contributed by atoms with E-state index in [1.165, 1.54) is 5.56 Å². The van der Waals surface area contributed by atoms with Gasteiger partial charge in [-0.2, -0.15) is 0 Å². The summed E-state index contributed by atoms with van der Waals surface area (Å²) in [5, 5.41) is 8.65. The molecule has 1 saturated heterocycles. The Bertz CT molecular complexity index is 435. The molecule has 1 fully saturated rings. The number of anilines is 1. The molecule has 0 radical (unpaired) electrons. The molecule has 1 unspecified atom stereocenters. The number of carboxylic acids is 1. The molecule has 0 aliphatic carbocycles. The number of hydrogen-bond acceptors (Lipinski definition) is 5. The fourth-order valence-electron chi connectivity index (χ4n) is 2.31. The maximum atomic E-state index is 10.5. The molecule has 0 spiro atoms. The Hall–Kier alpha value is -1.69. The third-order valence-corrected chi connectivity index (χ3v) is 3.52. The summed E-state index contributed by atoms with van der Waals surface area (Å²) in [6, 6.07) is 0. The lowest BCUT2D eigenvalue weighted by Gasteiger charge is -2.16. The lowest BCUT2D eigenvalue weighted by molar-refractivity contribution is -0.136. The average Bonchev–Trinajstić information content (AvgIpc) is 2.83. The van der Waals surface area contributed by atoms with Crippen LogP contribution in [-0.4, -0.2) is 59.7 Å². The SMILES string of the molecule is CN1CCC(c2cnc(N(C)CCC(=O)O)nc2)C1. The zero-order valence-electron chi connectivity index (χ0n) is 11.4. The topological polar surface area (TPSA) is 69.6 Å². The Morgan fingerprint density at radius 2 is 2.21 bits per heavy atom. The molecule has 0 amide bonds. The second-order valence-electron chi connectivity index (χ2n) is 5.13. The number of rotatable bonds is 5. The molecule has 1 aromatic heterocycles. The summed E-state index contributed by atoms with van der Waals surface area (Å²) in [4.78, 5) is 23.2. The highest BCUT2D eigenvalue weighted by Crippen LogP contribution is 2.25. The Morgan fingerprint density at radius 1 is 1.53 bits per heavy atom. The second kappa shape index (κ2) is 5.97. The number of likely N-dealkylation sites (tertiary alicyclic amines) is 1.